The molecule has 88 valence electrons. The smallest absolute Gasteiger partial charge is 0.0963 e. The molecule has 1 N–H and O–H groups in total. The molecule has 0 amide bonds. The number of hydrogen-bond acceptors (Lipinski definition) is 2. The maximum atomic E-state index is 10.5. The highest BCUT2D eigenvalue weighted by Gasteiger charge is 2.42. The normalized spacial score (nSPS) is 36.5. The average Bonchev–Trinajstić information content (AvgIpc) is 2.94. The summed E-state index contributed by atoms with van der Waals surface area (Å²) in [4.78, 5) is 0. The van der Waals surface area contributed by atoms with Crippen molar-refractivity contribution in [2.24, 2.45) is 17.8 Å². The SMILES string of the molecule is CC(O)(CC1CC2CCC1C2)c1ccoc1. The van der Waals surface area contributed by atoms with E-state index in [1.165, 1.54) is 25.7 Å². The van der Waals surface area contributed by atoms with Crippen LogP contribution in [0.25, 0.3) is 0 Å². The Morgan fingerprint density at radius 2 is 2.31 bits per heavy atom. The molecule has 2 aliphatic carbocycles. The zero-order chi connectivity index (χ0) is 11.2. The molecule has 2 fully saturated rings. The molecule has 4 atom stereocenters. The molecule has 0 aromatic carbocycles. The molecule has 2 heteroatoms. The Morgan fingerprint density at radius 3 is 2.88 bits per heavy atom. The predicted octanol–water partition coefficient (Wildman–Crippen LogP) is 3.31. The van der Waals surface area contributed by atoms with Crippen molar-refractivity contribution in [3.63, 3.8) is 0 Å². The highest BCUT2D eigenvalue weighted by Crippen LogP contribution is 2.51. The van der Waals surface area contributed by atoms with E-state index in [0.717, 1.165) is 29.7 Å². The fourth-order valence-electron chi connectivity index (χ4n) is 3.83. The van der Waals surface area contributed by atoms with Gasteiger partial charge in [-0.3, -0.25) is 0 Å². The van der Waals surface area contributed by atoms with Gasteiger partial charge in [-0.1, -0.05) is 6.42 Å². The third kappa shape index (κ3) is 1.69. The summed E-state index contributed by atoms with van der Waals surface area (Å²) in [6.45, 7) is 1.92. The van der Waals surface area contributed by atoms with Crippen LogP contribution in [0, 0.1) is 17.8 Å². The predicted molar refractivity (Wildman–Crippen MR) is 61.8 cm³/mol. The molecule has 0 aliphatic heterocycles. The molecular weight excluding hydrogens is 200 g/mol. The topological polar surface area (TPSA) is 33.4 Å². The molecular formula is C14H20O2. The molecule has 2 saturated carbocycles. The van der Waals surface area contributed by atoms with Crippen LogP contribution in [-0.2, 0) is 5.60 Å². The lowest BCUT2D eigenvalue weighted by atomic mass is 9.79. The summed E-state index contributed by atoms with van der Waals surface area (Å²) in [6, 6.07) is 1.88. The van der Waals surface area contributed by atoms with E-state index in [1.807, 2.05) is 13.0 Å². The van der Waals surface area contributed by atoms with Gasteiger partial charge in [0, 0.05) is 5.56 Å². The second kappa shape index (κ2) is 3.63. The Balaban J connectivity index is 1.70. The fourth-order valence-corrected chi connectivity index (χ4v) is 3.83. The first-order chi connectivity index (χ1) is 7.65. The van der Waals surface area contributed by atoms with Gasteiger partial charge in [0.15, 0.2) is 0 Å². The minimum Gasteiger partial charge on any atom is -0.472 e. The molecule has 0 radical (unpaired) electrons. The van der Waals surface area contributed by atoms with E-state index in [2.05, 4.69) is 0 Å². The molecule has 2 bridgehead atoms. The van der Waals surface area contributed by atoms with Crippen LogP contribution >= 0.6 is 0 Å². The van der Waals surface area contributed by atoms with Gasteiger partial charge in [0.2, 0.25) is 0 Å². The summed E-state index contributed by atoms with van der Waals surface area (Å²) in [6.07, 6.45) is 9.77. The van der Waals surface area contributed by atoms with Crippen molar-refractivity contribution in [2.75, 3.05) is 0 Å². The van der Waals surface area contributed by atoms with Crippen LogP contribution in [0.4, 0.5) is 0 Å². The van der Waals surface area contributed by atoms with Crippen molar-refractivity contribution in [3.8, 4) is 0 Å². The van der Waals surface area contributed by atoms with Gasteiger partial charge in [-0.25, -0.2) is 0 Å². The number of aliphatic hydroxyl groups is 1. The summed E-state index contributed by atoms with van der Waals surface area (Å²) in [5.74, 6) is 2.56. The Morgan fingerprint density at radius 1 is 1.44 bits per heavy atom. The first kappa shape index (κ1) is 10.4. The lowest BCUT2D eigenvalue weighted by molar-refractivity contribution is 0.0200. The molecule has 3 rings (SSSR count). The van der Waals surface area contributed by atoms with Crippen LogP contribution in [0.1, 0.15) is 44.6 Å². The van der Waals surface area contributed by atoms with Crippen molar-refractivity contribution < 1.29 is 9.52 Å². The van der Waals surface area contributed by atoms with Crippen LogP contribution in [0.3, 0.4) is 0 Å². The first-order valence-electron chi connectivity index (χ1n) is 6.40. The second-order valence-corrected chi connectivity index (χ2v) is 5.92. The number of furan rings is 1. The minimum atomic E-state index is -0.706. The number of hydrogen-bond donors (Lipinski definition) is 1. The maximum absolute atomic E-state index is 10.5. The van der Waals surface area contributed by atoms with E-state index in [0.29, 0.717) is 0 Å². The molecule has 1 heterocycles. The quantitative estimate of drug-likeness (QED) is 0.847. The summed E-state index contributed by atoms with van der Waals surface area (Å²) in [5.41, 5.74) is 0.220. The molecule has 1 aromatic heterocycles. The third-order valence-corrected chi connectivity index (χ3v) is 4.69. The van der Waals surface area contributed by atoms with Crippen LogP contribution in [-0.4, -0.2) is 5.11 Å². The van der Waals surface area contributed by atoms with Crippen LogP contribution in [0.2, 0.25) is 0 Å². The van der Waals surface area contributed by atoms with Crippen molar-refractivity contribution in [1.82, 2.24) is 0 Å². The highest BCUT2D eigenvalue weighted by molar-refractivity contribution is 5.15. The number of rotatable bonds is 3. The standard InChI is InChI=1S/C14H20O2/c1-14(15,13-4-5-16-9-13)8-12-7-10-2-3-11(12)6-10/h4-5,9-12,15H,2-3,6-8H2,1H3. The summed E-state index contributed by atoms with van der Waals surface area (Å²) < 4.78 is 5.07. The third-order valence-electron chi connectivity index (χ3n) is 4.69. The lowest BCUT2D eigenvalue weighted by Crippen LogP contribution is -2.26. The minimum absolute atomic E-state index is 0.706. The van der Waals surface area contributed by atoms with Crippen molar-refractivity contribution in [1.29, 1.82) is 0 Å². The van der Waals surface area contributed by atoms with Crippen molar-refractivity contribution in [2.45, 2.75) is 44.6 Å². The van der Waals surface area contributed by atoms with E-state index in [4.69, 9.17) is 4.42 Å². The van der Waals surface area contributed by atoms with Gasteiger partial charge in [-0.2, -0.15) is 0 Å². The largest absolute Gasteiger partial charge is 0.472 e. The van der Waals surface area contributed by atoms with Gasteiger partial charge < -0.3 is 9.52 Å². The average molecular weight is 220 g/mol. The molecule has 2 aliphatic rings. The molecule has 1 aromatic rings. The van der Waals surface area contributed by atoms with Crippen LogP contribution in [0.15, 0.2) is 23.0 Å². The zero-order valence-electron chi connectivity index (χ0n) is 9.86. The second-order valence-electron chi connectivity index (χ2n) is 5.92. The Bertz CT molecular complexity index is 353. The maximum Gasteiger partial charge on any atom is 0.0963 e. The van der Waals surface area contributed by atoms with Crippen molar-refractivity contribution >= 4 is 0 Å². The van der Waals surface area contributed by atoms with E-state index in [-0.39, 0.29) is 0 Å². The Labute approximate surface area is 96.7 Å². The fraction of sp³-hybridized carbons (Fsp3) is 0.714. The van der Waals surface area contributed by atoms with E-state index >= 15 is 0 Å². The van der Waals surface area contributed by atoms with E-state index in [1.54, 1.807) is 12.5 Å². The monoisotopic (exact) mass is 220 g/mol. The summed E-state index contributed by atoms with van der Waals surface area (Å²) in [5, 5.41) is 10.5. The summed E-state index contributed by atoms with van der Waals surface area (Å²) in [7, 11) is 0. The lowest BCUT2D eigenvalue weighted by Gasteiger charge is -2.30. The van der Waals surface area contributed by atoms with Crippen LogP contribution in [0.5, 0.6) is 0 Å². The van der Waals surface area contributed by atoms with Gasteiger partial charge >= 0.3 is 0 Å². The zero-order valence-corrected chi connectivity index (χ0v) is 9.86. The molecule has 4 unspecified atom stereocenters. The van der Waals surface area contributed by atoms with Gasteiger partial charge in [0.1, 0.15) is 0 Å². The molecule has 0 saturated heterocycles. The van der Waals surface area contributed by atoms with E-state index < -0.39 is 5.60 Å². The Hall–Kier alpha value is -0.760. The molecule has 2 nitrogen and oxygen atoms in total. The van der Waals surface area contributed by atoms with Gasteiger partial charge in [-0.15, -0.1) is 0 Å². The van der Waals surface area contributed by atoms with Gasteiger partial charge in [0.05, 0.1) is 18.1 Å². The first-order valence-corrected chi connectivity index (χ1v) is 6.40. The highest BCUT2D eigenvalue weighted by atomic mass is 16.3. The molecule has 0 spiro atoms. The summed E-state index contributed by atoms with van der Waals surface area (Å²) >= 11 is 0. The molecule has 16 heavy (non-hydrogen) atoms. The van der Waals surface area contributed by atoms with Crippen LogP contribution < -0.4 is 0 Å². The van der Waals surface area contributed by atoms with Gasteiger partial charge in [0.25, 0.3) is 0 Å². The van der Waals surface area contributed by atoms with Gasteiger partial charge in [-0.05, 0) is 56.4 Å². The number of fused-ring (bicyclic) bond motifs is 2. The Kier molecular flexibility index (Phi) is 2.36. The van der Waals surface area contributed by atoms with Crippen molar-refractivity contribution in [3.05, 3.63) is 24.2 Å². The van der Waals surface area contributed by atoms with E-state index in [9.17, 15) is 5.11 Å².